The third kappa shape index (κ3) is 5.80. The highest BCUT2D eigenvalue weighted by molar-refractivity contribution is 5.66. The van der Waals surface area contributed by atoms with Gasteiger partial charge in [0.2, 0.25) is 0 Å². The first-order valence-corrected chi connectivity index (χ1v) is 13.1. The van der Waals surface area contributed by atoms with E-state index >= 15 is 0 Å². The minimum atomic E-state index is 0.110. The molecule has 0 atom stereocenters. The molecule has 1 fully saturated rings. The third-order valence-electron chi connectivity index (χ3n) is 7.62. The van der Waals surface area contributed by atoms with Crippen molar-refractivity contribution in [3.05, 3.63) is 120 Å². The van der Waals surface area contributed by atoms with Crippen LogP contribution in [-0.4, -0.2) is 19.7 Å². The first-order chi connectivity index (χ1) is 17.7. The van der Waals surface area contributed by atoms with E-state index < -0.39 is 0 Å². The second-order valence-corrected chi connectivity index (χ2v) is 9.96. The van der Waals surface area contributed by atoms with Gasteiger partial charge in [-0.1, -0.05) is 84.9 Å². The van der Waals surface area contributed by atoms with Crippen molar-refractivity contribution in [2.24, 2.45) is 0 Å². The van der Waals surface area contributed by atoms with Crippen LogP contribution in [0.15, 0.2) is 109 Å². The molecular formula is C33H36N2O. The Morgan fingerprint density at radius 2 is 1.42 bits per heavy atom. The second-order valence-electron chi connectivity index (χ2n) is 9.96. The second kappa shape index (κ2) is 11.5. The van der Waals surface area contributed by atoms with Gasteiger partial charge >= 0.3 is 0 Å². The van der Waals surface area contributed by atoms with Gasteiger partial charge in [0.05, 0.1) is 7.11 Å². The van der Waals surface area contributed by atoms with Gasteiger partial charge in [-0.2, -0.15) is 0 Å². The summed E-state index contributed by atoms with van der Waals surface area (Å²) >= 11 is 0. The zero-order valence-corrected chi connectivity index (χ0v) is 21.1. The number of rotatable bonds is 9. The molecule has 0 spiro atoms. The summed E-state index contributed by atoms with van der Waals surface area (Å²) in [6, 6.07) is 39.3. The molecule has 1 saturated carbocycles. The van der Waals surface area contributed by atoms with Crippen molar-refractivity contribution in [3.8, 4) is 16.9 Å². The summed E-state index contributed by atoms with van der Waals surface area (Å²) in [5.74, 6) is 0.939. The molecule has 2 N–H and O–H groups in total. The van der Waals surface area contributed by atoms with E-state index in [0.717, 1.165) is 44.5 Å². The van der Waals surface area contributed by atoms with Crippen LogP contribution >= 0.6 is 0 Å². The van der Waals surface area contributed by atoms with Crippen LogP contribution in [0.25, 0.3) is 11.1 Å². The van der Waals surface area contributed by atoms with Crippen LogP contribution in [0.5, 0.6) is 5.75 Å². The van der Waals surface area contributed by atoms with Crippen LogP contribution in [0, 0.1) is 0 Å². The molecule has 5 rings (SSSR count). The van der Waals surface area contributed by atoms with Gasteiger partial charge < -0.3 is 15.4 Å². The summed E-state index contributed by atoms with van der Waals surface area (Å²) < 4.78 is 5.57. The highest BCUT2D eigenvalue weighted by Gasteiger charge is 2.37. The maximum Gasteiger partial charge on any atom is 0.119 e. The lowest BCUT2D eigenvalue weighted by atomic mass is 9.68. The first-order valence-electron chi connectivity index (χ1n) is 13.1. The van der Waals surface area contributed by atoms with E-state index in [2.05, 4.69) is 114 Å². The molecule has 0 saturated heterocycles. The van der Waals surface area contributed by atoms with Gasteiger partial charge in [-0.15, -0.1) is 0 Å². The first kappa shape index (κ1) is 24.1. The van der Waals surface area contributed by atoms with Crippen LogP contribution in [0.2, 0.25) is 0 Å². The molecule has 1 aliphatic rings. The maximum atomic E-state index is 5.57. The summed E-state index contributed by atoms with van der Waals surface area (Å²) in [6.07, 6.45) is 4.57. The Balaban J connectivity index is 1.25. The van der Waals surface area contributed by atoms with Crippen LogP contribution in [0.3, 0.4) is 0 Å². The minimum absolute atomic E-state index is 0.110. The Kier molecular flexibility index (Phi) is 7.68. The van der Waals surface area contributed by atoms with E-state index in [1.165, 1.54) is 27.9 Å². The Hall–Kier alpha value is -3.56. The Bertz CT molecular complexity index is 1210. The quantitative estimate of drug-likeness (QED) is 0.263. The van der Waals surface area contributed by atoms with Gasteiger partial charge in [0.15, 0.2) is 0 Å². The molecule has 0 radical (unpaired) electrons. The van der Waals surface area contributed by atoms with Crippen LogP contribution in [0.1, 0.15) is 36.8 Å². The van der Waals surface area contributed by atoms with Gasteiger partial charge in [0.1, 0.15) is 5.75 Å². The van der Waals surface area contributed by atoms with E-state index in [0.29, 0.717) is 6.04 Å². The predicted molar refractivity (Wildman–Crippen MR) is 151 cm³/mol. The van der Waals surface area contributed by atoms with Gasteiger partial charge in [0.25, 0.3) is 0 Å². The summed E-state index contributed by atoms with van der Waals surface area (Å²) in [6.45, 7) is 1.86. The molecule has 3 heteroatoms. The highest BCUT2D eigenvalue weighted by atomic mass is 16.5. The lowest BCUT2D eigenvalue weighted by Crippen LogP contribution is -2.43. The average molecular weight is 477 g/mol. The number of hydrogen-bond acceptors (Lipinski definition) is 3. The maximum absolute atomic E-state index is 5.57. The average Bonchev–Trinajstić information content (AvgIpc) is 2.95. The van der Waals surface area contributed by atoms with E-state index in [9.17, 15) is 0 Å². The fraction of sp³-hybridized carbons (Fsp3) is 0.273. The fourth-order valence-electron chi connectivity index (χ4n) is 5.50. The van der Waals surface area contributed by atoms with Crippen molar-refractivity contribution >= 4 is 5.69 Å². The molecule has 0 aliphatic heterocycles. The van der Waals surface area contributed by atoms with Crippen molar-refractivity contribution < 1.29 is 4.74 Å². The normalized spacial score (nSPS) is 19.5. The molecule has 184 valence electrons. The van der Waals surface area contributed by atoms with Gasteiger partial charge in [-0.25, -0.2) is 0 Å². The van der Waals surface area contributed by atoms with Crippen LogP contribution in [-0.2, 0) is 12.0 Å². The SMILES string of the molecule is COc1cccc(C2(CNCc3ccccc3)CCC(Nc3ccc(-c4ccccc4)cc3)CC2)c1. The smallest absolute Gasteiger partial charge is 0.119 e. The topological polar surface area (TPSA) is 33.3 Å². The number of methoxy groups -OCH3 is 1. The molecule has 0 unspecified atom stereocenters. The molecule has 0 aromatic heterocycles. The molecular weight excluding hydrogens is 440 g/mol. The molecule has 0 bridgehead atoms. The molecule has 1 aliphatic carbocycles. The zero-order chi connectivity index (χ0) is 24.6. The molecule has 3 nitrogen and oxygen atoms in total. The number of ether oxygens (including phenoxy) is 1. The molecule has 4 aromatic carbocycles. The minimum Gasteiger partial charge on any atom is -0.497 e. The Labute approximate surface area is 215 Å². The molecule has 36 heavy (non-hydrogen) atoms. The lowest BCUT2D eigenvalue weighted by Gasteiger charge is -2.41. The van der Waals surface area contributed by atoms with E-state index in [4.69, 9.17) is 4.74 Å². The van der Waals surface area contributed by atoms with Gasteiger partial charge in [-0.3, -0.25) is 0 Å². The van der Waals surface area contributed by atoms with Crippen LogP contribution in [0.4, 0.5) is 5.69 Å². The van der Waals surface area contributed by atoms with Crippen molar-refractivity contribution in [3.63, 3.8) is 0 Å². The van der Waals surface area contributed by atoms with Crippen molar-refractivity contribution in [1.82, 2.24) is 5.32 Å². The largest absolute Gasteiger partial charge is 0.497 e. The summed E-state index contributed by atoms with van der Waals surface area (Å²) in [5.41, 5.74) is 6.54. The summed E-state index contributed by atoms with van der Waals surface area (Å²) in [5, 5.41) is 7.58. The van der Waals surface area contributed by atoms with E-state index in [1.807, 2.05) is 6.07 Å². The van der Waals surface area contributed by atoms with E-state index in [-0.39, 0.29) is 5.41 Å². The monoisotopic (exact) mass is 476 g/mol. The highest BCUT2D eigenvalue weighted by Crippen LogP contribution is 2.41. The number of benzene rings is 4. The fourth-order valence-corrected chi connectivity index (χ4v) is 5.50. The van der Waals surface area contributed by atoms with Gasteiger partial charge in [-0.05, 0) is 72.2 Å². The lowest BCUT2D eigenvalue weighted by molar-refractivity contribution is 0.265. The standard InChI is InChI=1S/C33H36N2O/c1-36-32-14-8-13-29(23-32)33(25-34-24-26-9-4-2-5-10-26)21-19-31(20-22-33)35-30-17-15-28(16-18-30)27-11-6-3-7-12-27/h2-18,23,31,34-35H,19-22,24-25H2,1H3. The van der Waals surface area contributed by atoms with Gasteiger partial charge in [0, 0.05) is 30.2 Å². The number of nitrogens with one attached hydrogen (secondary N) is 2. The van der Waals surface area contributed by atoms with E-state index in [1.54, 1.807) is 7.11 Å². The van der Waals surface area contributed by atoms with Crippen molar-refractivity contribution in [1.29, 1.82) is 0 Å². The summed E-state index contributed by atoms with van der Waals surface area (Å²) in [7, 11) is 1.75. The van der Waals surface area contributed by atoms with Crippen molar-refractivity contribution in [2.75, 3.05) is 19.0 Å². The number of anilines is 1. The third-order valence-corrected chi connectivity index (χ3v) is 7.62. The van der Waals surface area contributed by atoms with Crippen molar-refractivity contribution in [2.45, 2.75) is 43.7 Å². The summed E-state index contributed by atoms with van der Waals surface area (Å²) in [4.78, 5) is 0. The number of hydrogen-bond donors (Lipinski definition) is 2. The Morgan fingerprint density at radius 1 is 0.750 bits per heavy atom. The van der Waals surface area contributed by atoms with Crippen LogP contribution < -0.4 is 15.4 Å². The predicted octanol–water partition coefficient (Wildman–Crippen LogP) is 7.44. The molecule has 0 heterocycles. The molecule has 0 amide bonds. The Morgan fingerprint density at radius 3 is 2.11 bits per heavy atom. The molecule has 4 aromatic rings. The zero-order valence-electron chi connectivity index (χ0n) is 21.1.